The predicted molar refractivity (Wildman–Crippen MR) is 27.7 cm³/mol. The van der Waals surface area contributed by atoms with Crippen LogP contribution >= 0.6 is 0 Å². The van der Waals surface area contributed by atoms with Crippen LogP contribution in [-0.4, -0.2) is 22.6 Å². The van der Waals surface area contributed by atoms with Gasteiger partial charge in [0.2, 0.25) is 0 Å². The standard InChI is InChI=1S/C3H2BN4/c4-8-3-6-1-5-2-7-3/h1-2H. The minimum absolute atomic E-state index is 0.250. The van der Waals surface area contributed by atoms with E-state index in [1.54, 1.807) is 0 Å². The van der Waals surface area contributed by atoms with E-state index in [0.717, 1.165) is 0 Å². The molecule has 4 nitrogen and oxygen atoms in total. The Balaban J connectivity index is 2.99. The molecule has 0 amide bonds. The second-order valence-electron chi connectivity index (χ2n) is 1.07. The van der Waals surface area contributed by atoms with Gasteiger partial charge in [-0.3, -0.25) is 0 Å². The molecule has 0 atom stereocenters. The molecule has 8 heavy (non-hydrogen) atoms. The van der Waals surface area contributed by atoms with Gasteiger partial charge in [-0.15, -0.1) is 0 Å². The summed E-state index contributed by atoms with van der Waals surface area (Å²) in [6.07, 6.45) is 2.66. The third-order valence-corrected chi connectivity index (χ3v) is 0.595. The molecule has 1 aromatic heterocycles. The number of nitrogens with zero attached hydrogens (tertiary/aromatic N) is 4. The summed E-state index contributed by atoms with van der Waals surface area (Å²) >= 11 is 0. The fourth-order valence-corrected chi connectivity index (χ4v) is 0.300. The fourth-order valence-electron chi connectivity index (χ4n) is 0.300. The number of hydrogen-bond donors (Lipinski definition) is 0. The van der Waals surface area contributed by atoms with Crippen LogP contribution in [0.15, 0.2) is 17.6 Å². The van der Waals surface area contributed by atoms with Gasteiger partial charge in [0.25, 0.3) is 0 Å². The molecular weight excluding hydrogens is 103 g/mol. The van der Waals surface area contributed by atoms with Crippen LogP contribution in [0.2, 0.25) is 0 Å². The number of rotatable bonds is 1. The summed E-state index contributed by atoms with van der Waals surface area (Å²) < 4.78 is 0. The van der Waals surface area contributed by atoms with E-state index in [1.807, 2.05) is 0 Å². The van der Waals surface area contributed by atoms with Gasteiger partial charge in [-0.05, 0) is 0 Å². The first kappa shape index (κ1) is 5.02. The molecule has 0 N–H and O–H groups in total. The van der Waals surface area contributed by atoms with E-state index in [1.165, 1.54) is 12.7 Å². The van der Waals surface area contributed by atoms with E-state index in [-0.39, 0.29) is 5.95 Å². The topological polar surface area (TPSA) is 51.0 Å². The van der Waals surface area contributed by atoms with E-state index in [2.05, 4.69) is 19.8 Å². The summed E-state index contributed by atoms with van der Waals surface area (Å²) in [5.41, 5.74) is 0. The summed E-state index contributed by atoms with van der Waals surface area (Å²) in [5, 5.41) is 0. The molecule has 1 radical (unpaired) electrons. The zero-order valence-corrected chi connectivity index (χ0v) is 4.02. The van der Waals surface area contributed by atoms with Crippen molar-refractivity contribution in [3.63, 3.8) is 0 Å². The Morgan fingerprint density at radius 2 is 2.00 bits per heavy atom. The Bertz CT molecular complexity index is 174. The molecule has 1 heterocycles. The Labute approximate surface area is 47.1 Å². The SMILES string of the molecule is [B]=Nc1ncncn1. The van der Waals surface area contributed by atoms with Crippen molar-refractivity contribution in [2.45, 2.75) is 0 Å². The van der Waals surface area contributed by atoms with Crippen LogP contribution in [-0.2, 0) is 0 Å². The van der Waals surface area contributed by atoms with E-state index in [9.17, 15) is 0 Å². The molecule has 0 aromatic carbocycles. The fraction of sp³-hybridized carbons (Fsp3) is 0. The Morgan fingerprint density at radius 1 is 1.38 bits per heavy atom. The zero-order chi connectivity index (χ0) is 5.82. The zero-order valence-electron chi connectivity index (χ0n) is 4.02. The van der Waals surface area contributed by atoms with Gasteiger partial charge in [0.1, 0.15) is 0 Å². The van der Waals surface area contributed by atoms with Gasteiger partial charge in [-0.2, -0.15) is 0 Å². The van der Waals surface area contributed by atoms with E-state index >= 15 is 0 Å². The first-order chi connectivity index (χ1) is 3.93. The molecular formula is C3H2BN4. The summed E-state index contributed by atoms with van der Waals surface area (Å²) in [7, 11) is 4.82. The summed E-state index contributed by atoms with van der Waals surface area (Å²) in [4.78, 5) is 13.9. The van der Waals surface area contributed by atoms with Crippen molar-refractivity contribution in [3.8, 4) is 0 Å². The second-order valence-corrected chi connectivity index (χ2v) is 1.07. The normalized spacial score (nSPS) is 8.38. The summed E-state index contributed by atoms with van der Waals surface area (Å²) in [5.74, 6) is 0.250. The average molecular weight is 105 g/mol. The third-order valence-electron chi connectivity index (χ3n) is 0.595. The molecule has 0 saturated carbocycles. The molecule has 0 aliphatic heterocycles. The van der Waals surface area contributed by atoms with Gasteiger partial charge in [0.15, 0.2) is 0 Å². The number of aromatic nitrogens is 3. The minimum atomic E-state index is 0.250. The Morgan fingerprint density at radius 3 is 2.38 bits per heavy atom. The Hall–Kier alpha value is -1.13. The van der Waals surface area contributed by atoms with Crippen LogP contribution in [0.1, 0.15) is 0 Å². The maximum absolute atomic E-state index is 4.82. The molecule has 5 heteroatoms. The molecule has 0 aliphatic carbocycles. The quantitative estimate of drug-likeness (QED) is 0.466. The van der Waals surface area contributed by atoms with Crippen molar-refractivity contribution in [2.24, 2.45) is 4.90 Å². The molecule has 0 fully saturated rings. The molecule has 0 saturated heterocycles. The van der Waals surface area contributed by atoms with Gasteiger partial charge in [0.05, 0.1) is 0 Å². The van der Waals surface area contributed by atoms with Gasteiger partial charge >= 0.3 is 46.1 Å². The first-order valence-electron chi connectivity index (χ1n) is 1.96. The van der Waals surface area contributed by atoms with Crippen molar-refractivity contribution in [3.05, 3.63) is 12.7 Å². The van der Waals surface area contributed by atoms with Crippen LogP contribution < -0.4 is 0 Å². The molecule has 0 bridgehead atoms. The van der Waals surface area contributed by atoms with Crippen LogP contribution in [0.5, 0.6) is 0 Å². The monoisotopic (exact) mass is 105 g/mol. The van der Waals surface area contributed by atoms with Crippen LogP contribution in [0.4, 0.5) is 5.95 Å². The van der Waals surface area contributed by atoms with Crippen LogP contribution in [0.25, 0.3) is 0 Å². The van der Waals surface area contributed by atoms with Gasteiger partial charge in [-0.25, -0.2) is 0 Å². The van der Waals surface area contributed by atoms with Crippen molar-refractivity contribution < 1.29 is 0 Å². The molecule has 1 rings (SSSR count). The predicted octanol–water partition coefficient (Wildman–Crippen LogP) is -0.145. The van der Waals surface area contributed by atoms with E-state index < -0.39 is 0 Å². The van der Waals surface area contributed by atoms with Crippen molar-refractivity contribution in [1.29, 1.82) is 0 Å². The Kier molecular flexibility index (Phi) is 1.41. The van der Waals surface area contributed by atoms with Gasteiger partial charge < -0.3 is 0 Å². The van der Waals surface area contributed by atoms with E-state index in [0.29, 0.717) is 0 Å². The van der Waals surface area contributed by atoms with Gasteiger partial charge in [0, 0.05) is 0 Å². The average Bonchev–Trinajstić information content (AvgIpc) is 1.90. The van der Waals surface area contributed by atoms with E-state index in [4.69, 9.17) is 7.64 Å². The molecule has 0 spiro atoms. The van der Waals surface area contributed by atoms with Crippen molar-refractivity contribution in [1.82, 2.24) is 15.0 Å². The van der Waals surface area contributed by atoms with Crippen molar-refractivity contribution >= 4 is 13.6 Å². The van der Waals surface area contributed by atoms with Crippen LogP contribution in [0, 0.1) is 0 Å². The third kappa shape index (κ3) is 0.929. The molecule has 1 aromatic rings. The molecule has 37 valence electrons. The maximum atomic E-state index is 4.82. The second kappa shape index (κ2) is 2.25. The molecule has 0 unspecified atom stereocenters. The van der Waals surface area contributed by atoms with Gasteiger partial charge in [-0.1, -0.05) is 0 Å². The summed E-state index contributed by atoms with van der Waals surface area (Å²) in [6.45, 7) is 0. The van der Waals surface area contributed by atoms with Crippen LogP contribution in [0.3, 0.4) is 0 Å². The number of hydrogen-bond acceptors (Lipinski definition) is 4. The first-order valence-corrected chi connectivity index (χ1v) is 1.96. The summed E-state index contributed by atoms with van der Waals surface area (Å²) in [6, 6.07) is 0. The van der Waals surface area contributed by atoms with Crippen molar-refractivity contribution in [2.75, 3.05) is 0 Å². The molecule has 0 aliphatic rings.